The number of ether oxygens (including phenoxy) is 1. The summed E-state index contributed by atoms with van der Waals surface area (Å²) in [4.78, 5) is 15.9. The van der Waals surface area contributed by atoms with Crippen LogP contribution >= 0.6 is 0 Å². The van der Waals surface area contributed by atoms with E-state index >= 15 is 0 Å². The molecule has 0 spiro atoms. The summed E-state index contributed by atoms with van der Waals surface area (Å²) in [6, 6.07) is 13.0. The number of hydrogen-bond donors (Lipinski definition) is 0. The first kappa shape index (κ1) is 23.8. The molecule has 12 heteroatoms. The molecule has 1 aliphatic rings. The van der Waals surface area contributed by atoms with Crippen molar-refractivity contribution in [2.45, 2.75) is 25.0 Å². The molecule has 4 rings (SSSR count). The molecule has 1 fully saturated rings. The number of carbonyl (C=O) groups excluding carboxylic acids is 1. The molecule has 0 radical (unpaired) electrons. The number of benzene rings is 2. The molecule has 34 heavy (non-hydrogen) atoms. The third kappa shape index (κ3) is 6.35. The van der Waals surface area contributed by atoms with Crippen LogP contribution in [0.5, 0.6) is 5.75 Å². The van der Waals surface area contributed by atoms with Crippen molar-refractivity contribution in [3.8, 4) is 5.75 Å². The number of aromatic nitrogens is 4. The SMILES string of the molecule is CS(=O)(=O)O[C@H](COc1ccc(C(=O)N2CC[C@H](c3ccc(F)cc3)C2)cc1)Cn1ncnn1. The standard InChI is InChI=1S/C22H24FN5O5S/c1-34(30,31)33-21(13-28-25-15-24-26-28)14-32-20-8-4-17(5-9-20)22(29)27-11-10-18(12-27)16-2-6-19(23)7-3-16/h2-9,15,18,21H,10-14H2,1H3/t18-,21-/m0/s1. The molecule has 2 aromatic carbocycles. The van der Waals surface area contributed by atoms with Gasteiger partial charge in [0.15, 0.2) is 6.33 Å². The normalized spacial score (nSPS) is 17.0. The number of hydrogen-bond acceptors (Lipinski definition) is 8. The van der Waals surface area contributed by atoms with E-state index in [2.05, 4.69) is 15.4 Å². The van der Waals surface area contributed by atoms with Crippen LogP contribution in [0.2, 0.25) is 0 Å². The molecule has 0 N–H and O–H groups in total. The van der Waals surface area contributed by atoms with Gasteiger partial charge in [-0.2, -0.15) is 13.2 Å². The summed E-state index contributed by atoms with van der Waals surface area (Å²) in [6.07, 6.45) is 2.14. The molecule has 0 saturated carbocycles. The zero-order chi connectivity index (χ0) is 24.1. The topological polar surface area (TPSA) is 117 Å². The van der Waals surface area contributed by atoms with Gasteiger partial charge in [-0.05, 0) is 53.6 Å². The van der Waals surface area contributed by atoms with Gasteiger partial charge in [0, 0.05) is 24.6 Å². The Morgan fingerprint density at radius 1 is 1.18 bits per heavy atom. The van der Waals surface area contributed by atoms with Gasteiger partial charge in [-0.15, -0.1) is 10.2 Å². The average molecular weight is 490 g/mol. The maximum atomic E-state index is 13.2. The van der Waals surface area contributed by atoms with E-state index < -0.39 is 16.2 Å². The summed E-state index contributed by atoms with van der Waals surface area (Å²) in [5, 5.41) is 11.1. The molecule has 1 aliphatic heterocycles. The molecule has 0 aliphatic carbocycles. The average Bonchev–Trinajstić information content (AvgIpc) is 3.49. The van der Waals surface area contributed by atoms with Crippen molar-refractivity contribution in [1.29, 1.82) is 0 Å². The molecule has 3 aromatic rings. The molecule has 0 bridgehead atoms. The predicted molar refractivity (Wildman–Crippen MR) is 119 cm³/mol. The summed E-state index contributed by atoms with van der Waals surface area (Å²) in [6.45, 7) is 1.16. The highest BCUT2D eigenvalue weighted by atomic mass is 32.2. The van der Waals surface area contributed by atoms with Gasteiger partial charge in [-0.3, -0.25) is 8.98 Å². The van der Waals surface area contributed by atoms with E-state index in [0.717, 1.165) is 18.2 Å². The summed E-state index contributed by atoms with van der Waals surface area (Å²) in [5.74, 6) is 0.266. The quantitative estimate of drug-likeness (QED) is 0.418. The second-order valence-electron chi connectivity index (χ2n) is 8.04. The van der Waals surface area contributed by atoms with Crippen LogP contribution in [0.4, 0.5) is 4.39 Å². The van der Waals surface area contributed by atoms with E-state index in [1.807, 2.05) is 0 Å². The van der Waals surface area contributed by atoms with Crippen molar-refractivity contribution in [2.75, 3.05) is 26.0 Å². The Balaban J connectivity index is 1.33. The van der Waals surface area contributed by atoms with Gasteiger partial charge in [0.25, 0.3) is 16.0 Å². The number of likely N-dealkylation sites (tertiary alicyclic amines) is 1. The molecule has 0 unspecified atom stereocenters. The van der Waals surface area contributed by atoms with Gasteiger partial charge in [0.05, 0.1) is 12.8 Å². The monoisotopic (exact) mass is 489 g/mol. The zero-order valence-corrected chi connectivity index (χ0v) is 19.3. The number of halogens is 1. The third-order valence-electron chi connectivity index (χ3n) is 5.42. The minimum Gasteiger partial charge on any atom is -0.491 e. The van der Waals surface area contributed by atoms with Crippen LogP contribution in [-0.4, -0.2) is 71.5 Å². The molecule has 1 aromatic heterocycles. The van der Waals surface area contributed by atoms with Crippen LogP contribution in [0.25, 0.3) is 0 Å². The number of amides is 1. The van der Waals surface area contributed by atoms with Crippen LogP contribution in [0.15, 0.2) is 54.9 Å². The number of tetrazole rings is 1. The van der Waals surface area contributed by atoms with Crippen LogP contribution in [-0.2, 0) is 20.8 Å². The van der Waals surface area contributed by atoms with Crippen LogP contribution in [0.1, 0.15) is 28.3 Å². The van der Waals surface area contributed by atoms with Crippen LogP contribution in [0, 0.1) is 5.82 Å². The molecule has 1 amide bonds. The summed E-state index contributed by atoms with van der Waals surface area (Å²) in [5.41, 5.74) is 1.54. The van der Waals surface area contributed by atoms with Crippen molar-refractivity contribution in [3.63, 3.8) is 0 Å². The van der Waals surface area contributed by atoms with Gasteiger partial charge >= 0.3 is 0 Å². The molecular weight excluding hydrogens is 465 g/mol. The summed E-state index contributed by atoms with van der Waals surface area (Å²) < 4.78 is 47.0. The van der Waals surface area contributed by atoms with Crippen molar-refractivity contribution in [3.05, 3.63) is 71.8 Å². The maximum Gasteiger partial charge on any atom is 0.264 e. The minimum absolute atomic E-state index is 0.0355. The van der Waals surface area contributed by atoms with Crippen LogP contribution < -0.4 is 4.74 Å². The number of rotatable bonds is 9. The van der Waals surface area contributed by atoms with Gasteiger partial charge in [-0.1, -0.05) is 12.1 Å². The zero-order valence-electron chi connectivity index (χ0n) is 18.4. The first-order valence-electron chi connectivity index (χ1n) is 10.6. The largest absolute Gasteiger partial charge is 0.491 e. The Morgan fingerprint density at radius 2 is 1.91 bits per heavy atom. The molecule has 10 nitrogen and oxygen atoms in total. The second kappa shape index (κ2) is 10.3. The molecule has 2 atom stereocenters. The van der Waals surface area contributed by atoms with Gasteiger partial charge in [-0.25, -0.2) is 4.39 Å². The van der Waals surface area contributed by atoms with Crippen molar-refractivity contribution < 1.29 is 26.5 Å². The van der Waals surface area contributed by atoms with Crippen molar-refractivity contribution in [1.82, 2.24) is 25.1 Å². The van der Waals surface area contributed by atoms with E-state index in [4.69, 9.17) is 8.92 Å². The molecular formula is C22H24FN5O5S. The summed E-state index contributed by atoms with van der Waals surface area (Å²) >= 11 is 0. The van der Waals surface area contributed by atoms with E-state index in [1.165, 1.54) is 23.3 Å². The lowest BCUT2D eigenvalue weighted by atomic mass is 9.99. The van der Waals surface area contributed by atoms with E-state index in [-0.39, 0.29) is 30.8 Å². The Bertz CT molecular complexity index is 1200. The van der Waals surface area contributed by atoms with Crippen LogP contribution in [0.3, 0.4) is 0 Å². The number of nitrogens with zero attached hydrogens (tertiary/aromatic N) is 5. The van der Waals surface area contributed by atoms with E-state index in [0.29, 0.717) is 24.4 Å². The summed E-state index contributed by atoms with van der Waals surface area (Å²) in [7, 11) is -3.72. The third-order valence-corrected chi connectivity index (χ3v) is 6.05. The fraction of sp³-hybridized carbons (Fsp3) is 0.364. The van der Waals surface area contributed by atoms with Crippen molar-refractivity contribution >= 4 is 16.0 Å². The van der Waals surface area contributed by atoms with Gasteiger partial charge in [0.1, 0.15) is 24.3 Å². The van der Waals surface area contributed by atoms with E-state index in [9.17, 15) is 17.6 Å². The maximum absolute atomic E-state index is 13.2. The van der Waals surface area contributed by atoms with E-state index in [1.54, 1.807) is 41.3 Å². The molecule has 180 valence electrons. The highest BCUT2D eigenvalue weighted by Crippen LogP contribution is 2.28. The molecule has 1 saturated heterocycles. The lowest BCUT2D eigenvalue weighted by molar-refractivity contribution is 0.0790. The first-order chi connectivity index (χ1) is 16.3. The van der Waals surface area contributed by atoms with Gasteiger partial charge in [0.2, 0.25) is 0 Å². The Hall–Kier alpha value is -3.38. The lowest BCUT2D eigenvalue weighted by Gasteiger charge is -2.18. The highest BCUT2D eigenvalue weighted by molar-refractivity contribution is 7.86. The molecule has 2 heterocycles. The smallest absolute Gasteiger partial charge is 0.264 e. The minimum atomic E-state index is -3.72. The Morgan fingerprint density at radius 3 is 2.56 bits per heavy atom. The predicted octanol–water partition coefficient (Wildman–Crippen LogP) is 1.87. The fourth-order valence-corrected chi connectivity index (χ4v) is 4.44. The first-order valence-corrected chi connectivity index (χ1v) is 12.4. The lowest BCUT2D eigenvalue weighted by Crippen LogP contribution is -2.30. The second-order valence-corrected chi connectivity index (χ2v) is 9.64. The Labute approximate surface area is 196 Å². The highest BCUT2D eigenvalue weighted by Gasteiger charge is 2.28. The fourth-order valence-electron chi connectivity index (χ4n) is 3.83. The Kier molecular flexibility index (Phi) is 7.17. The van der Waals surface area contributed by atoms with Gasteiger partial charge < -0.3 is 9.64 Å². The van der Waals surface area contributed by atoms with Crippen molar-refractivity contribution in [2.24, 2.45) is 0 Å². The number of carbonyl (C=O) groups is 1.